The van der Waals surface area contributed by atoms with E-state index in [1.807, 2.05) is 0 Å². The molecule has 134 valence electrons. The number of likely N-dealkylation sites (tertiary alicyclic amines) is 1. The van der Waals surface area contributed by atoms with E-state index in [0.29, 0.717) is 19.0 Å². The first-order chi connectivity index (χ1) is 11.8. The van der Waals surface area contributed by atoms with E-state index in [1.54, 1.807) is 11.0 Å². The van der Waals surface area contributed by atoms with Crippen molar-refractivity contribution in [3.05, 3.63) is 35.6 Å². The summed E-state index contributed by atoms with van der Waals surface area (Å²) in [6.45, 7) is 4.48. The second kappa shape index (κ2) is 6.46. The van der Waals surface area contributed by atoms with Crippen LogP contribution in [0.2, 0.25) is 0 Å². The van der Waals surface area contributed by atoms with E-state index in [2.05, 4.69) is 12.2 Å². The summed E-state index contributed by atoms with van der Waals surface area (Å²) in [7, 11) is 0. The Morgan fingerprint density at radius 3 is 2.76 bits per heavy atom. The standard InChI is InChI=1S/C18H22FN3O3/c1-12-6-5-9-21(10-12)15(23)11-22-16(24)18(2,20-17(22)25)13-7-3-4-8-14(13)19/h3-4,7-8,12H,5-6,9-11H2,1-2H3,(H,20,25). The van der Waals surface area contributed by atoms with Gasteiger partial charge in [0.15, 0.2) is 0 Å². The molecule has 1 aromatic carbocycles. The molecular weight excluding hydrogens is 325 g/mol. The third-order valence-electron chi connectivity index (χ3n) is 4.99. The molecule has 2 fully saturated rings. The number of piperidine rings is 1. The van der Waals surface area contributed by atoms with Gasteiger partial charge in [-0.3, -0.25) is 14.5 Å². The van der Waals surface area contributed by atoms with E-state index >= 15 is 0 Å². The highest BCUT2D eigenvalue weighted by atomic mass is 19.1. The highest BCUT2D eigenvalue weighted by molar-refractivity contribution is 6.09. The summed E-state index contributed by atoms with van der Waals surface area (Å²) in [5, 5.41) is 2.53. The van der Waals surface area contributed by atoms with Crippen LogP contribution in [0.1, 0.15) is 32.3 Å². The van der Waals surface area contributed by atoms with Crippen LogP contribution in [0.15, 0.2) is 24.3 Å². The molecule has 2 atom stereocenters. The van der Waals surface area contributed by atoms with Crippen LogP contribution in [0.3, 0.4) is 0 Å². The molecule has 3 rings (SSSR count). The molecule has 6 nitrogen and oxygen atoms in total. The summed E-state index contributed by atoms with van der Waals surface area (Å²) in [5.74, 6) is -1.03. The van der Waals surface area contributed by atoms with Gasteiger partial charge in [0.1, 0.15) is 17.9 Å². The van der Waals surface area contributed by atoms with Gasteiger partial charge in [-0.05, 0) is 31.7 Å². The number of urea groups is 1. The van der Waals surface area contributed by atoms with Crippen molar-refractivity contribution >= 4 is 17.8 Å². The number of nitrogens with one attached hydrogen (secondary N) is 1. The Bertz CT molecular complexity index is 723. The minimum absolute atomic E-state index is 0.0925. The molecular formula is C18H22FN3O3. The van der Waals surface area contributed by atoms with E-state index in [-0.39, 0.29) is 18.0 Å². The first-order valence-corrected chi connectivity index (χ1v) is 8.50. The molecule has 25 heavy (non-hydrogen) atoms. The van der Waals surface area contributed by atoms with Gasteiger partial charge in [0.25, 0.3) is 5.91 Å². The fourth-order valence-corrected chi connectivity index (χ4v) is 3.54. The Labute approximate surface area is 146 Å². The molecule has 0 aromatic heterocycles. The predicted octanol–water partition coefficient (Wildman–Crippen LogP) is 1.85. The van der Waals surface area contributed by atoms with Crippen LogP contribution in [0, 0.1) is 11.7 Å². The Morgan fingerprint density at radius 2 is 2.08 bits per heavy atom. The topological polar surface area (TPSA) is 69.7 Å². The summed E-state index contributed by atoms with van der Waals surface area (Å²) in [5.41, 5.74) is -1.41. The van der Waals surface area contributed by atoms with Gasteiger partial charge in [0.05, 0.1) is 0 Å². The van der Waals surface area contributed by atoms with Gasteiger partial charge in [-0.2, -0.15) is 0 Å². The number of carbonyl (C=O) groups is 3. The highest BCUT2D eigenvalue weighted by Crippen LogP contribution is 2.30. The van der Waals surface area contributed by atoms with Gasteiger partial charge in [-0.15, -0.1) is 0 Å². The van der Waals surface area contributed by atoms with Crippen molar-refractivity contribution < 1.29 is 18.8 Å². The molecule has 0 radical (unpaired) electrons. The molecule has 0 saturated carbocycles. The molecule has 0 bridgehead atoms. The van der Waals surface area contributed by atoms with Gasteiger partial charge in [0.2, 0.25) is 5.91 Å². The summed E-state index contributed by atoms with van der Waals surface area (Å²) in [4.78, 5) is 40.1. The van der Waals surface area contributed by atoms with Crippen molar-refractivity contribution in [1.29, 1.82) is 0 Å². The minimum Gasteiger partial charge on any atom is -0.341 e. The molecule has 2 aliphatic rings. The van der Waals surface area contributed by atoms with Gasteiger partial charge in [-0.25, -0.2) is 9.18 Å². The maximum Gasteiger partial charge on any atom is 0.325 e. The van der Waals surface area contributed by atoms with Crippen molar-refractivity contribution in [2.24, 2.45) is 5.92 Å². The van der Waals surface area contributed by atoms with E-state index in [9.17, 15) is 18.8 Å². The molecule has 4 amide bonds. The van der Waals surface area contributed by atoms with Crippen LogP contribution in [0.4, 0.5) is 9.18 Å². The van der Waals surface area contributed by atoms with E-state index in [4.69, 9.17) is 0 Å². The number of nitrogens with zero attached hydrogens (tertiary/aromatic N) is 2. The zero-order valence-electron chi connectivity index (χ0n) is 14.4. The Hall–Kier alpha value is -2.44. The molecule has 1 N–H and O–H groups in total. The quantitative estimate of drug-likeness (QED) is 0.849. The van der Waals surface area contributed by atoms with Crippen molar-refractivity contribution in [3.63, 3.8) is 0 Å². The second-order valence-electron chi connectivity index (χ2n) is 7.01. The number of amides is 4. The number of hydrogen-bond acceptors (Lipinski definition) is 3. The zero-order valence-corrected chi connectivity index (χ0v) is 14.4. The monoisotopic (exact) mass is 347 g/mol. The average Bonchev–Trinajstić information content (AvgIpc) is 2.79. The van der Waals surface area contributed by atoms with Crippen molar-refractivity contribution in [2.75, 3.05) is 19.6 Å². The number of hydrogen-bond donors (Lipinski definition) is 1. The van der Waals surface area contributed by atoms with Crippen LogP contribution >= 0.6 is 0 Å². The molecule has 2 aliphatic heterocycles. The summed E-state index contributed by atoms with van der Waals surface area (Å²) in [6, 6.07) is 5.15. The summed E-state index contributed by atoms with van der Waals surface area (Å²) in [6.07, 6.45) is 1.98. The molecule has 2 unspecified atom stereocenters. The smallest absolute Gasteiger partial charge is 0.325 e. The molecule has 0 spiro atoms. The average molecular weight is 347 g/mol. The van der Waals surface area contributed by atoms with Crippen molar-refractivity contribution in [2.45, 2.75) is 32.2 Å². The maximum absolute atomic E-state index is 14.1. The van der Waals surface area contributed by atoms with Gasteiger partial charge >= 0.3 is 6.03 Å². The molecule has 7 heteroatoms. The lowest BCUT2D eigenvalue weighted by Crippen LogP contribution is -2.47. The van der Waals surface area contributed by atoms with Crippen LogP contribution in [-0.2, 0) is 15.1 Å². The lowest BCUT2D eigenvalue weighted by Gasteiger charge is -2.31. The lowest BCUT2D eigenvalue weighted by atomic mass is 9.91. The number of imide groups is 1. The highest BCUT2D eigenvalue weighted by Gasteiger charge is 2.50. The van der Waals surface area contributed by atoms with E-state index < -0.39 is 23.3 Å². The Kier molecular flexibility index (Phi) is 4.49. The SMILES string of the molecule is CC1CCCN(C(=O)CN2C(=O)NC(C)(c3ccccc3F)C2=O)C1. The first-order valence-electron chi connectivity index (χ1n) is 8.50. The molecule has 2 heterocycles. The van der Waals surface area contributed by atoms with Crippen molar-refractivity contribution in [3.8, 4) is 0 Å². The third kappa shape index (κ3) is 3.10. The number of benzene rings is 1. The van der Waals surface area contributed by atoms with E-state index in [1.165, 1.54) is 25.1 Å². The summed E-state index contributed by atoms with van der Waals surface area (Å²) >= 11 is 0. The summed E-state index contributed by atoms with van der Waals surface area (Å²) < 4.78 is 14.1. The third-order valence-corrected chi connectivity index (χ3v) is 4.99. The zero-order chi connectivity index (χ0) is 18.2. The largest absolute Gasteiger partial charge is 0.341 e. The normalized spacial score (nSPS) is 26.8. The maximum atomic E-state index is 14.1. The number of carbonyl (C=O) groups excluding carboxylic acids is 3. The van der Waals surface area contributed by atoms with E-state index in [0.717, 1.165) is 17.7 Å². The Morgan fingerprint density at radius 1 is 1.36 bits per heavy atom. The van der Waals surface area contributed by atoms with Crippen LogP contribution in [0.5, 0.6) is 0 Å². The van der Waals surface area contributed by atoms with Crippen LogP contribution in [-0.4, -0.2) is 47.3 Å². The van der Waals surface area contributed by atoms with Gasteiger partial charge < -0.3 is 10.2 Å². The number of halogens is 1. The van der Waals surface area contributed by atoms with Crippen LogP contribution < -0.4 is 5.32 Å². The molecule has 1 aromatic rings. The predicted molar refractivity (Wildman–Crippen MR) is 89.0 cm³/mol. The van der Waals surface area contributed by atoms with Gasteiger partial charge in [-0.1, -0.05) is 25.1 Å². The Balaban J connectivity index is 1.78. The lowest BCUT2D eigenvalue weighted by molar-refractivity contribution is -0.139. The fraction of sp³-hybridized carbons (Fsp3) is 0.500. The number of rotatable bonds is 3. The second-order valence-corrected chi connectivity index (χ2v) is 7.01. The van der Waals surface area contributed by atoms with Gasteiger partial charge in [0, 0.05) is 18.7 Å². The molecule has 0 aliphatic carbocycles. The minimum atomic E-state index is -1.50. The van der Waals surface area contributed by atoms with Crippen molar-refractivity contribution in [1.82, 2.24) is 15.1 Å². The van der Waals surface area contributed by atoms with Crippen LogP contribution in [0.25, 0.3) is 0 Å². The first kappa shape index (κ1) is 17.4. The molecule has 2 saturated heterocycles. The fourth-order valence-electron chi connectivity index (χ4n) is 3.54.